The summed E-state index contributed by atoms with van der Waals surface area (Å²) in [6.07, 6.45) is 4.31. The third-order valence-electron chi connectivity index (χ3n) is 2.78. The topological polar surface area (TPSA) is 53.4 Å². The zero-order valence-corrected chi connectivity index (χ0v) is 11.7. The Hall–Kier alpha value is -2.30. The molecule has 5 heteroatoms. The molecule has 0 saturated heterocycles. The second-order valence-electron chi connectivity index (χ2n) is 4.40. The molecule has 2 aromatic rings. The first-order valence-electron chi connectivity index (χ1n) is 6.64. The molecule has 1 heterocycles. The first-order chi connectivity index (χ1) is 9.70. The van der Waals surface area contributed by atoms with Crippen molar-refractivity contribution in [3.63, 3.8) is 0 Å². The number of benzene rings is 1. The van der Waals surface area contributed by atoms with Crippen LogP contribution in [0.1, 0.15) is 26.3 Å². The first kappa shape index (κ1) is 14.1. The van der Waals surface area contributed by atoms with E-state index in [4.69, 9.17) is 9.47 Å². The van der Waals surface area contributed by atoms with Gasteiger partial charge in [-0.25, -0.2) is 4.79 Å². The molecule has 1 aromatic carbocycles. The van der Waals surface area contributed by atoms with Crippen LogP contribution in [0, 0.1) is 0 Å². The molecular weight excluding hydrogens is 256 g/mol. The fourth-order valence-corrected chi connectivity index (χ4v) is 1.64. The summed E-state index contributed by atoms with van der Waals surface area (Å²) in [5.74, 6) is 0.917. The Kier molecular flexibility index (Phi) is 4.76. The zero-order valence-electron chi connectivity index (χ0n) is 11.7. The summed E-state index contributed by atoms with van der Waals surface area (Å²) in [6.45, 7) is 4.47. The predicted octanol–water partition coefficient (Wildman–Crippen LogP) is 2.84. The molecule has 106 valence electrons. The van der Waals surface area contributed by atoms with Gasteiger partial charge in [-0.2, -0.15) is 5.10 Å². The van der Waals surface area contributed by atoms with Crippen LogP contribution in [0.15, 0.2) is 42.7 Å². The Balaban J connectivity index is 1.94. The smallest absolute Gasteiger partial charge is 0.336 e. The van der Waals surface area contributed by atoms with Gasteiger partial charge in [-0.15, -0.1) is 0 Å². The molecular formula is C15H18N2O3. The van der Waals surface area contributed by atoms with E-state index in [-0.39, 0.29) is 5.97 Å². The quantitative estimate of drug-likeness (QED) is 0.600. The number of nitrogens with zero attached hydrogens (tertiary/aromatic N) is 2. The molecule has 2 rings (SSSR count). The molecule has 0 radical (unpaired) electrons. The minimum Gasteiger partial charge on any atom is -0.494 e. The van der Waals surface area contributed by atoms with Gasteiger partial charge in [-0.3, -0.25) is 4.68 Å². The maximum absolute atomic E-state index is 12.0. The molecule has 1 unspecified atom stereocenters. The van der Waals surface area contributed by atoms with E-state index < -0.39 is 6.04 Å². The van der Waals surface area contributed by atoms with Gasteiger partial charge in [0.1, 0.15) is 17.5 Å². The minimum absolute atomic E-state index is 0.351. The number of carbonyl (C=O) groups excluding carboxylic acids is 1. The van der Waals surface area contributed by atoms with Gasteiger partial charge in [0, 0.05) is 12.4 Å². The highest BCUT2D eigenvalue weighted by Gasteiger charge is 2.17. The van der Waals surface area contributed by atoms with Crippen molar-refractivity contribution in [2.75, 3.05) is 6.61 Å². The lowest BCUT2D eigenvalue weighted by Crippen LogP contribution is -2.21. The van der Waals surface area contributed by atoms with Crippen LogP contribution < -0.4 is 9.47 Å². The maximum atomic E-state index is 12.0. The van der Waals surface area contributed by atoms with Crippen LogP contribution >= 0.6 is 0 Å². The highest BCUT2D eigenvalue weighted by atomic mass is 16.5. The molecule has 20 heavy (non-hydrogen) atoms. The van der Waals surface area contributed by atoms with Gasteiger partial charge in [0.05, 0.1) is 6.61 Å². The Morgan fingerprint density at radius 1 is 1.30 bits per heavy atom. The predicted molar refractivity (Wildman–Crippen MR) is 74.8 cm³/mol. The third-order valence-corrected chi connectivity index (χ3v) is 2.78. The largest absolute Gasteiger partial charge is 0.494 e. The van der Waals surface area contributed by atoms with Crippen LogP contribution in [0.4, 0.5) is 0 Å². The highest BCUT2D eigenvalue weighted by Crippen LogP contribution is 2.19. The van der Waals surface area contributed by atoms with Crippen molar-refractivity contribution in [2.45, 2.75) is 26.3 Å². The van der Waals surface area contributed by atoms with Crippen molar-refractivity contribution >= 4 is 5.97 Å². The standard InChI is InChI=1S/C15H18N2O3/c1-3-11-19-13-5-7-14(8-6-13)20-15(18)12(2)17-10-4-9-16-17/h4-10,12H,3,11H2,1-2H3. The molecule has 1 atom stereocenters. The molecule has 5 nitrogen and oxygen atoms in total. The first-order valence-corrected chi connectivity index (χ1v) is 6.64. The van der Waals surface area contributed by atoms with Gasteiger partial charge in [-0.1, -0.05) is 6.92 Å². The van der Waals surface area contributed by atoms with Crippen molar-refractivity contribution in [1.82, 2.24) is 9.78 Å². The van der Waals surface area contributed by atoms with Crippen LogP contribution in [0.25, 0.3) is 0 Å². The fourth-order valence-electron chi connectivity index (χ4n) is 1.64. The van der Waals surface area contributed by atoms with E-state index >= 15 is 0 Å². The molecule has 0 amide bonds. The van der Waals surface area contributed by atoms with E-state index in [0.717, 1.165) is 12.2 Å². The van der Waals surface area contributed by atoms with E-state index in [1.807, 2.05) is 6.92 Å². The average Bonchev–Trinajstić information content (AvgIpc) is 3.00. The highest BCUT2D eigenvalue weighted by molar-refractivity contribution is 5.76. The van der Waals surface area contributed by atoms with Crippen molar-refractivity contribution in [3.05, 3.63) is 42.7 Å². The number of hydrogen-bond donors (Lipinski definition) is 0. The van der Waals surface area contributed by atoms with Crippen LogP contribution in [0.3, 0.4) is 0 Å². The van der Waals surface area contributed by atoms with Crippen molar-refractivity contribution in [3.8, 4) is 11.5 Å². The minimum atomic E-state index is -0.457. The van der Waals surface area contributed by atoms with Crippen LogP contribution in [-0.4, -0.2) is 22.4 Å². The molecule has 0 spiro atoms. The van der Waals surface area contributed by atoms with E-state index in [0.29, 0.717) is 12.4 Å². The van der Waals surface area contributed by atoms with Crippen LogP contribution in [-0.2, 0) is 4.79 Å². The van der Waals surface area contributed by atoms with E-state index in [1.165, 1.54) is 0 Å². The summed E-state index contributed by atoms with van der Waals surface area (Å²) in [7, 11) is 0. The SMILES string of the molecule is CCCOc1ccc(OC(=O)C(C)n2cccn2)cc1. The van der Waals surface area contributed by atoms with Crippen LogP contribution in [0.2, 0.25) is 0 Å². The lowest BCUT2D eigenvalue weighted by atomic mass is 10.3. The normalized spacial score (nSPS) is 11.9. The number of ether oxygens (including phenoxy) is 2. The molecule has 0 N–H and O–H groups in total. The second-order valence-corrected chi connectivity index (χ2v) is 4.40. The molecule has 1 aromatic heterocycles. The Labute approximate surface area is 118 Å². The molecule has 0 aliphatic rings. The summed E-state index contributed by atoms with van der Waals surface area (Å²) < 4.78 is 12.3. The molecule has 0 aliphatic heterocycles. The zero-order chi connectivity index (χ0) is 14.4. The number of esters is 1. The maximum Gasteiger partial charge on any atom is 0.336 e. The van der Waals surface area contributed by atoms with Gasteiger partial charge in [-0.05, 0) is 43.7 Å². The number of carbonyl (C=O) groups is 1. The summed E-state index contributed by atoms with van der Waals surface area (Å²) in [4.78, 5) is 12.0. The summed E-state index contributed by atoms with van der Waals surface area (Å²) in [5.41, 5.74) is 0. The van der Waals surface area contributed by atoms with Gasteiger partial charge in [0.25, 0.3) is 0 Å². The van der Waals surface area contributed by atoms with Gasteiger partial charge < -0.3 is 9.47 Å². The van der Waals surface area contributed by atoms with E-state index in [1.54, 1.807) is 54.3 Å². The third kappa shape index (κ3) is 3.60. The lowest BCUT2D eigenvalue weighted by molar-refractivity contribution is -0.137. The lowest BCUT2D eigenvalue weighted by Gasteiger charge is -2.12. The molecule has 0 fully saturated rings. The van der Waals surface area contributed by atoms with Crippen molar-refractivity contribution < 1.29 is 14.3 Å². The number of hydrogen-bond acceptors (Lipinski definition) is 4. The van der Waals surface area contributed by atoms with E-state index in [2.05, 4.69) is 5.10 Å². The summed E-state index contributed by atoms with van der Waals surface area (Å²) in [6, 6.07) is 8.33. The fraction of sp³-hybridized carbons (Fsp3) is 0.333. The average molecular weight is 274 g/mol. The van der Waals surface area contributed by atoms with E-state index in [9.17, 15) is 4.79 Å². The second kappa shape index (κ2) is 6.75. The van der Waals surface area contributed by atoms with Gasteiger partial charge in [0.15, 0.2) is 0 Å². The molecule has 0 saturated carbocycles. The summed E-state index contributed by atoms with van der Waals surface area (Å²) >= 11 is 0. The number of rotatable bonds is 6. The molecule has 0 bridgehead atoms. The Bertz CT molecular complexity index is 535. The number of aromatic nitrogens is 2. The summed E-state index contributed by atoms with van der Waals surface area (Å²) in [5, 5.41) is 4.02. The van der Waals surface area contributed by atoms with Gasteiger partial charge in [0.2, 0.25) is 0 Å². The molecule has 0 aliphatic carbocycles. The van der Waals surface area contributed by atoms with Crippen LogP contribution in [0.5, 0.6) is 11.5 Å². The Morgan fingerprint density at radius 3 is 2.60 bits per heavy atom. The van der Waals surface area contributed by atoms with Gasteiger partial charge >= 0.3 is 5.97 Å². The van der Waals surface area contributed by atoms with Crippen molar-refractivity contribution in [1.29, 1.82) is 0 Å². The Morgan fingerprint density at radius 2 is 2.00 bits per heavy atom. The van der Waals surface area contributed by atoms with Crippen molar-refractivity contribution in [2.24, 2.45) is 0 Å². The monoisotopic (exact) mass is 274 g/mol.